The molecular weight excluding hydrogens is 226 g/mol. The zero-order valence-electron chi connectivity index (χ0n) is 11.2. The van der Waals surface area contributed by atoms with Gasteiger partial charge in [0.1, 0.15) is 0 Å². The third-order valence-corrected chi connectivity index (χ3v) is 3.28. The van der Waals surface area contributed by atoms with Gasteiger partial charge in [0.15, 0.2) is 0 Å². The second-order valence-corrected chi connectivity index (χ2v) is 4.67. The Bertz CT molecular complexity index is 231. The van der Waals surface area contributed by atoms with Gasteiger partial charge in [-0.3, -0.25) is 4.90 Å². The zero-order chi connectivity index (χ0) is 13.1. The van der Waals surface area contributed by atoms with E-state index in [0.717, 1.165) is 13.1 Å². The topological polar surface area (TPSA) is 15.7 Å². The molecule has 2 heterocycles. The number of rotatable bonds is 2. The lowest BCUT2D eigenvalue weighted by Crippen LogP contribution is -2.63. The lowest BCUT2D eigenvalue weighted by Gasteiger charge is -2.46. The van der Waals surface area contributed by atoms with Crippen molar-refractivity contribution in [3.63, 3.8) is 0 Å². The first-order valence-corrected chi connectivity index (χ1v) is 6.40. The second kappa shape index (κ2) is 6.07. The summed E-state index contributed by atoms with van der Waals surface area (Å²) in [6, 6.07) is 0.0902. The fourth-order valence-electron chi connectivity index (χ4n) is 2.17. The van der Waals surface area contributed by atoms with Gasteiger partial charge in [-0.2, -0.15) is 0 Å². The number of halogens is 2. The third kappa shape index (κ3) is 3.86. The number of morpholine rings is 1. The van der Waals surface area contributed by atoms with Crippen molar-refractivity contribution in [2.45, 2.75) is 38.8 Å². The Labute approximate surface area is 103 Å². The van der Waals surface area contributed by atoms with E-state index in [1.165, 1.54) is 0 Å². The second-order valence-electron chi connectivity index (χ2n) is 4.67. The standard InChI is InChI=1S/C10H18F2N2O.C2H6/c1-8(14-6-10(11,12)7-14)9-5-13(2)3-4-15-9;1-2/h8-9H,3-7H2,1-2H3;1-2H3. The molecule has 0 N–H and O–H groups in total. The van der Waals surface area contributed by atoms with Crippen molar-refractivity contribution < 1.29 is 13.5 Å². The number of nitrogens with zero attached hydrogens (tertiary/aromatic N) is 2. The minimum Gasteiger partial charge on any atom is -0.374 e. The molecule has 2 unspecified atom stereocenters. The average Bonchev–Trinajstić information content (AvgIpc) is 2.27. The average molecular weight is 250 g/mol. The van der Waals surface area contributed by atoms with E-state index in [4.69, 9.17) is 4.74 Å². The fraction of sp³-hybridized carbons (Fsp3) is 1.00. The summed E-state index contributed by atoms with van der Waals surface area (Å²) in [7, 11) is 2.03. The Hall–Kier alpha value is -0.260. The number of likely N-dealkylation sites (N-methyl/N-ethyl adjacent to an activating group) is 1. The van der Waals surface area contributed by atoms with E-state index in [1.54, 1.807) is 4.90 Å². The van der Waals surface area contributed by atoms with Crippen molar-refractivity contribution in [3.05, 3.63) is 0 Å². The number of hydrogen-bond acceptors (Lipinski definition) is 3. The Kier molecular flexibility index (Phi) is 5.28. The van der Waals surface area contributed by atoms with Crippen LogP contribution in [-0.4, -0.2) is 67.7 Å². The smallest absolute Gasteiger partial charge is 0.272 e. The number of alkyl halides is 2. The highest BCUT2D eigenvalue weighted by Crippen LogP contribution is 2.30. The molecule has 0 radical (unpaired) electrons. The molecule has 0 saturated carbocycles. The van der Waals surface area contributed by atoms with Gasteiger partial charge in [0.05, 0.1) is 25.8 Å². The van der Waals surface area contributed by atoms with Crippen LogP contribution in [0.1, 0.15) is 20.8 Å². The highest BCUT2D eigenvalue weighted by atomic mass is 19.3. The largest absolute Gasteiger partial charge is 0.374 e. The predicted molar refractivity (Wildman–Crippen MR) is 64.6 cm³/mol. The first kappa shape index (κ1) is 14.8. The minimum atomic E-state index is -2.48. The molecule has 0 aromatic carbocycles. The van der Waals surface area contributed by atoms with Crippen LogP contribution in [0, 0.1) is 0 Å². The first-order valence-electron chi connectivity index (χ1n) is 6.40. The van der Waals surface area contributed by atoms with Crippen LogP contribution in [0.15, 0.2) is 0 Å². The highest BCUT2D eigenvalue weighted by molar-refractivity contribution is 4.93. The molecule has 0 aromatic heterocycles. The summed E-state index contributed by atoms with van der Waals surface area (Å²) >= 11 is 0. The van der Waals surface area contributed by atoms with Crippen LogP contribution >= 0.6 is 0 Å². The quantitative estimate of drug-likeness (QED) is 0.741. The monoisotopic (exact) mass is 250 g/mol. The number of likely N-dealkylation sites (tertiary alicyclic amines) is 1. The lowest BCUT2D eigenvalue weighted by atomic mass is 10.0. The van der Waals surface area contributed by atoms with E-state index in [-0.39, 0.29) is 25.2 Å². The van der Waals surface area contributed by atoms with Crippen molar-refractivity contribution in [1.29, 1.82) is 0 Å². The summed E-state index contributed by atoms with van der Waals surface area (Å²) in [6.07, 6.45) is 0.0693. The maximum Gasteiger partial charge on any atom is 0.272 e. The third-order valence-electron chi connectivity index (χ3n) is 3.28. The van der Waals surface area contributed by atoms with Gasteiger partial charge in [-0.25, -0.2) is 8.78 Å². The van der Waals surface area contributed by atoms with Crippen molar-refractivity contribution in [2.24, 2.45) is 0 Å². The van der Waals surface area contributed by atoms with Gasteiger partial charge in [0.25, 0.3) is 5.92 Å². The number of hydrogen-bond donors (Lipinski definition) is 0. The molecule has 2 fully saturated rings. The summed E-state index contributed by atoms with van der Waals surface area (Å²) in [6.45, 7) is 8.22. The maximum absolute atomic E-state index is 12.7. The van der Waals surface area contributed by atoms with Crippen molar-refractivity contribution in [2.75, 3.05) is 39.8 Å². The Morgan fingerprint density at radius 2 is 1.88 bits per heavy atom. The minimum absolute atomic E-state index is 0.0693. The summed E-state index contributed by atoms with van der Waals surface area (Å²) in [4.78, 5) is 3.98. The molecule has 3 nitrogen and oxygen atoms in total. The molecule has 17 heavy (non-hydrogen) atoms. The van der Waals surface area contributed by atoms with Crippen LogP contribution in [-0.2, 0) is 4.74 Å². The van der Waals surface area contributed by atoms with Gasteiger partial charge in [0, 0.05) is 19.1 Å². The summed E-state index contributed by atoms with van der Waals surface area (Å²) in [5.74, 6) is -2.48. The van der Waals surface area contributed by atoms with E-state index in [2.05, 4.69) is 4.90 Å². The van der Waals surface area contributed by atoms with Crippen molar-refractivity contribution >= 4 is 0 Å². The van der Waals surface area contributed by atoms with E-state index < -0.39 is 5.92 Å². The van der Waals surface area contributed by atoms with Gasteiger partial charge in [-0.1, -0.05) is 13.8 Å². The normalized spacial score (nSPS) is 31.1. The van der Waals surface area contributed by atoms with Crippen LogP contribution in [0.25, 0.3) is 0 Å². The molecule has 0 aromatic rings. The molecule has 5 heteroatoms. The van der Waals surface area contributed by atoms with Crippen LogP contribution in [0.5, 0.6) is 0 Å². The molecule has 2 aliphatic heterocycles. The van der Waals surface area contributed by atoms with Gasteiger partial charge in [-0.05, 0) is 14.0 Å². The Morgan fingerprint density at radius 1 is 1.29 bits per heavy atom. The van der Waals surface area contributed by atoms with Gasteiger partial charge >= 0.3 is 0 Å². The Morgan fingerprint density at radius 3 is 2.35 bits per heavy atom. The fourth-order valence-corrected chi connectivity index (χ4v) is 2.17. The van der Waals surface area contributed by atoms with E-state index in [9.17, 15) is 8.78 Å². The molecule has 2 saturated heterocycles. The first-order chi connectivity index (χ1) is 7.98. The molecule has 0 amide bonds. The maximum atomic E-state index is 12.7. The van der Waals surface area contributed by atoms with Crippen LogP contribution in [0.3, 0.4) is 0 Å². The van der Waals surface area contributed by atoms with Gasteiger partial charge < -0.3 is 9.64 Å². The zero-order valence-corrected chi connectivity index (χ0v) is 11.2. The molecule has 0 spiro atoms. The molecule has 2 aliphatic rings. The number of ether oxygens (including phenoxy) is 1. The highest BCUT2D eigenvalue weighted by Gasteiger charge is 2.47. The molecule has 2 rings (SSSR count). The summed E-state index contributed by atoms with van der Waals surface area (Å²) < 4.78 is 31.0. The van der Waals surface area contributed by atoms with Gasteiger partial charge in [0.2, 0.25) is 0 Å². The summed E-state index contributed by atoms with van der Waals surface area (Å²) in [5, 5.41) is 0. The van der Waals surface area contributed by atoms with Crippen molar-refractivity contribution in [3.8, 4) is 0 Å². The van der Waals surface area contributed by atoms with Gasteiger partial charge in [-0.15, -0.1) is 0 Å². The SMILES string of the molecule is CC.CC(C1CN(C)CCO1)N1CC(F)(F)C1. The van der Waals surface area contributed by atoms with Crippen LogP contribution in [0.4, 0.5) is 8.78 Å². The molecule has 0 aliphatic carbocycles. The van der Waals surface area contributed by atoms with E-state index in [1.807, 2.05) is 27.8 Å². The Balaban J connectivity index is 0.000000686. The van der Waals surface area contributed by atoms with Crippen molar-refractivity contribution in [1.82, 2.24) is 9.80 Å². The molecule has 0 bridgehead atoms. The van der Waals surface area contributed by atoms with Crippen LogP contribution < -0.4 is 0 Å². The van der Waals surface area contributed by atoms with E-state index in [0.29, 0.717) is 6.61 Å². The van der Waals surface area contributed by atoms with E-state index >= 15 is 0 Å². The molecule has 2 atom stereocenters. The van der Waals surface area contributed by atoms with Crippen LogP contribution in [0.2, 0.25) is 0 Å². The predicted octanol–water partition coefficient (Wildman–Crippen LogP) is 1.68. The lowest BCUT2D eigenvalue weighted by molar-refractivity contribution is -0.168. The molecular formula is C12H24F2N2O. The summed E-state index contributed by atoms with van der Waals surface area (Å²) in [5.41, 5.74) is 0. The molecule has 102 valence electrons.